The van der Waals surface area contributed by atoms with E-state index >= 15 is 0 Å². The summed E-state index contributed by atoms with van der Waals surface area (Å²) in [7, 11) is -1.49. The van der Waals surface area contributed by atoms with Crippen molar-refractivity contribution in [1.82, 2.24) is 4.90 Å². The van der Waals surface area contributed by atoms with Gasteiger partial charge in [-0.15, -0.1) is 0 Å². The standard InChI is InChI=1S/C24H25NO4S/c1-29-22-11-9-18(10-12-22)16-25(21-13-14-30(27,28)17-21)24(26)15-20-7-4-6-19-5-2-3-8-23(19)20/h2-12,21H,13-17H2,1H3/t21-/m0/s1. The summed E-state index contributed by atoms with van der Waals surface area (Å²) in [6.07, 6.45) is 0.730. The summed E-state index contributed by atoms with van der Waals surface area (Å²) in [6.45, 7) is 0.383. The lowest BCUT2D eigenvalue weighted by molar-refractivity contribution is -0.133. The molecule has 0 radical (unpaired) electrons. The fraction of sp³-hybridized carbons (Fsp3) is 0.292. The number of methoxy groups -OCH3 is 1. The second-order valence-electron chi connectivity index (χ2n) is 7.74. The van der Waals surface area contributed by atoms with Crippen molar-refractivity contribution in [2.24, 2.45) is 0 Å². The Labute approximate surface area is 177 Å². The Balaban J connectivity index is 1.61. The number of nitrogens with zero attached hydrogens (tertiary/aromatic N) is 1. The maximum absolute atomic E-state index is 13.4. The van der Waals surface area contributed by atoms with Crippen molar-refractivity contribution >= 4 is 26.5 Å². The molecule has 1 aliphatic heterocycles. The quantitative estimate of drug-likeness (QED) is 0.608. The largest absolute Gasteiger partial charge is 0.497 e. The Bertz CT molecular complexity index is 1150. The first kappa shape index (κ1) is 20.4. The van der Waals surface area contributed by atoms with Gasteiger partial charge < -0.3 is 9.64 Å². The third kappa shape index (κ3) is 4.49. The summed E-state index contributed by atoms with van der Waals surface area (Å²) in [5.41, 5.74) is 1.91. The van der Waals surface area contributed by atoms with Gasteiger partial charge >= 0.3 is 0 Å². The van der Waals surface area contributed by atoms with Gasteiger partial charge in [-0.05, 0) is 40.5 Å². The number of benzene rings is 3. The van der Waals surface area contributed by atoms with E-state index in [1.165, 1.54) is 0 Å². The van der Waals surface area contributed by atoms with Crippen LogP contribution in [-0.4, -0.2) is 43.9 Å². The molecule has 4 rings (SSSR count). The molecule has 0 aromatic heterocycles. The molecule has 1 fully saturated rings. The van der Waals surface area contributed by atoms with Crippen molar-refractivity contribution in [3.63, 3.8) is 0 Å². The van der Waals surface area contributed by atoms with E-state index in [1.54, 1.807) is 12.0 Å². The maximum Gasteiger partial charge on any atom is 0.227 e. The van der Waals surface area contributed by atoms with Crippen molar-refractivity contribution in [2.75, 3.05) is 18.6 Å². The summed E-state index contributed by atoms with van der Waals surface area (Å²) >= 11 is 0. The van der Waals surface area contributed by atoms with Crippen LogP contribution in [0.2, 0.25) is 0 Å². The van der Waals surface area contributed by atoms with Crippen LogP contribution in [-0.2, 0) is 27.6 Å². The lowest BCUT2D eigenvalue weighted by Crippen LogP contribution is -2.41. The summed E-state index contributed by atoms with van der Waals surface area (Å²) < 4.78 is 29.4. The third-order valence-corrected chi connectivity index (χ3v) is 7.45. The van der Waals surface area contributed by atoms with Crippen LogP contribution in [0, 0.1) is 0 Å². The molecule has 0 aliphatic carbocycles. The van der Waals surface area contributed by atoms with E-state index in [0.29, 0.717) is 13.0 Å². The molecule has 1 atom stereocenters. The summed E-state index contributed by atoms with van der Waals surface area (Å²) in [5, 5.41) is 2.14. The molecule has 0 unspecified atom stereocenters. The molecule has 156 valence electrons. The van der Waals surface area contributed by atoms with Gasteiger partial charge in [-0.1, -0.05) is 54.6 Å². The number of sulfone groups is 1. The van der Waals surface area contributed by atoms with Crippen LogP contribution in [0.5, 0.6) is 5.75 Å². The molecule has 30 heavy (non-hydrogen) atoms. The van der Waals surface area contributed by atoms with Crippen LogP contribution in [0.3, 0.4) is 0 Å². The topological polar surface area (TPSA) is 63.7 Å². The number of carbonyl (C=O) groups is 1. The molecule has 3 aromatic carbocycles. The van der Waals surface area contributed by atoms with E-state index < -0.39 is 9.84 Å². The van der Waals surface area contributed by atoms with Crippen LogP contribution >= 0.6 is 0 Å². The molecule has 0 saturated carbocycles. The highest BCUT2D eigenvalue weighted by molar-refractivity contribution is 7.91. The fourth-order valence-corrected chi connectivity index (χ4v) is 5.81. The summed E-state index contributed by atoms with van der Waals surface area (Å²) in [6, 6.07) is 21.2. The van der Waals surface area contributed by atoms with Gasteiger partial charge in [0.05, 0.1) is 25.0 Å². The van der Waals surface area contributed by atoms with Crippen molar-refractivity contribution in [1.29, 1.82) is 0 Å². The zero-order valence-electron chi connectivity index (χ0n) is 17.0. The molecule has 1 aliphatic rings. The van der Waals surface area contributed by atoms with Gasteiger partial charge in [0.1, 0.15) is 5.75 Å². The molecule has 6 heteroatoms. The van der Waals surface area contributed by atoms with Gasteiger partial charge in [0, 0.05) is 12.6 Å². The zero-order chi connectivity index (χ0) is 21.1. The SMILES string of the molecule is COc1ccc(CN(C(=O)Cc2cccc3ccccc23)[C@H]2CCS(=O)(=O)C2)cc1. The number of hydrogen-bond acceptors (Lipinski definition) is 4. The molecule has 0 N–H and O–H groups in total. The molecular weight excluding hydrogens is 398 g/mol. The average molecular weight is 424 g/mol. The highest BCUT2D eigenvalue weighted by Gasteiger charge is 2.34. The molecule has 3 aromatic rings. The van der Waals surface area contributed by atoms with Crippen molar-refractivity contribution in [3.8, 4) is 5.75 Å². The molecule has 0 bridgehead atoms. The van der Waals surface area contributed by atoms with Crippen molar-refractivity contribution in [2.45, 2.75) is 25.4 Å². The van der Waals surface area contributed by atoms with Gasteiger partial charge in [-0.25, -0.2) is 8.42 Å². The fourth-order valence-electron chi connectivity index (χ4n) is 4.08. The van der Waals surface area contributed by atoms with E-state index in [4.69, 9.17) is 4.74 Å². The Kier molecular flexibility index (Phi) is 5.77. The van der Waals surface area contributed by atoms with E-state index in [1.807, 2.05) is 66.7 Å². The van der Waals surface area contributed by atoms with Gasteiger partial charge in [0.15, 0.2) is 9.84 Å². The minimum absolute atomic E-state index is 0.0322. The van der Waals surface area contributed by atoms with Gasteiger partial charge in [0.2, 0.25) is 5.91 Å². The normalized spacial score (nSPS) is 17.7. The van der Waals surface area contributed by atoms with E-state index in [0.717, 1.165) is 27.6 Å². The van der Waals surface area contributed by atoms with Crippen molar-refractivity contribution in [3.05, 3.63) is 77.9 Å². The Morgan fingerprint density at radius 1 is 1.03 bits per heavy atom. The van der Waals surface area contributed by atoms with Crippen LogP contribution in [0.15, 0.2) is 66.7 Å². The zero-order valence-corrected chi connectivity index (χ0v) is 17.8. The second-order valence-corrected chi connectivity index (χ2v) is 9.97. The molecular formula is C24H25NO4S. The van der Waals surface area contributed by atoms with Crippen LogP contribution < -0.4 is 4.74 Å². The first-order chi connectivity index (χ1) is 14.4. The number of carbonyl (C=O) groups excluding carboxylic acids is 1. The molecule has 1 amide bonds. The lowest BCUT2D eigenvalue weighted by atomic mass is 10.0. The third-order valence-electron chi connectivity index (χ3n) is 5.70. The minimum Gasteiger partial charge on any atom is -0.497 e. The molecule has 5 nitrogen and oxygen atoms in total. The molecule has 1 saturated heterocycles. The number of amides is 1. The maximum atomic E-state index is 13.4. The second kappa shape index (κ2) is 8.48. The van der Waals surface area contributed by atoms with E-state index in [9.17, 15) is 13.2 Å². The summed E-state index contributed by atoms with van der Waals surface area (Å²) in [4.78, 5) is 15.1. The first-order valence-corrected chi connectivity index (χ1v) is 11.9. The van der Waals surface area contributed by atoms with Gasteiger partial charge in [-0.2, -0.15) is 0 Å². The van der Waals surface area contributed by atoms with Crippen LogP contribution in [0.1, 0.15) is 17.5 Å². The number of ether oxygens (including phenoxy) is 1. The molecule has 1 heterocycles. The lowest BCUT2D eigenvalue weighted by Gasteiger charge is -2.29. The van der Waals surface area contributed by atoms with Crippen LogP contribution in [0.4, 0.5) is 0 Å². The number of fused-ring (bicyclic) bond motifs is 1. The number of hydrogen-bond donors (Lipinski definition) is 0. The Hall–Kier alpha value is -2.86. The Morgan fingerprint density at radius 2 is 1.77 bits per heavy atom. The van der Waals surface area contributed by atoms with Crippen molar-refractivity contribution < 1.29 is 17.9 Å². The predicted molar refractivity (Wildman–Crippen MR) is 118 cm³/mol. The highest BCUT2D eigenvalue weighted by Crippen LogP contribution is 2.24. The smallest absolute Gasteiger partial charge is 0.227 e. The minimum atomic E-state index is -3.10. The predicted octanol–water partition coefficient (Wildman–Crippen LogP) is 3.61. The van der Waals surface area contributed by atoms with Gasteiger partial charge in [0.25, 0.3) is 0 Å². The van der Waals surface area contributed by atoms with Gasteiger partial charge in [-0.3, -0.25) is 4.79 Å². The Morgan fingerprint density at radius 3 is 2.47 bits per heavy atom. The summed E-state index contributed by atoms with van der Waals surface area (Å²) in [5.74, 6) is 0.864. The highest BCUT2D eigenvalue weighted by atomic mass is 32.2. The molecule has 0 spiro atoms. The number of rotatable bonds is 6. The van der Waals surface area contributed by atoms with E-state index in [-0.39, 0.29) is 29.9 Å². The average Bonchev–Trinajstić information content (AvgIpc) is 3.12. The van der Waals surface area contributed by atoms with Crippen LogP contribution in [0.25, 0.3) is 10.8 Å². The van der Waals surface area contributed by atoms with E-state index in [2.05, 4.69) is 0 Å². The first-order valence-electron chi connectivity index (χ1n) is 10.0. The monoisotopic (exact) mass is 423 g/mol.